The van der Waals surface area contributed by atoms with Gasteiger partial charge in [0.15, 0.2) is 0 Å². The number of carbonyl (C=O) groups excluding carboxylic acids is 2. The molecule has 5 heterocycles. The standard InChI is InChI=1S/C50H70N4O11/c1-9-39-35(4)42-30-38-29-34(3)41(51-38)31-43-36(5)40(11-12-48(55)58-8)46(53-43)33-47-50(10-2,37(6)44(54-47)32-45(39)52-42)14-13-49(56)65-28-27-64-26-25-63-24-23-62-22-21-61-20-19-60-18-17-59-16-15-57-7/h9-10,29-33,36-37,40,51-52H,1-2,11-28H2,3-8H3. The monoisotopic (exact) mass is 903 g/mol. The molecule has 0 aliphatic carbocycles. The molecule has 0 saturated heterocycles. The number of nitrogens with one attached hydrogen (secondary N) is 2. The molecular weight excluding hydrogens is 833 g/mol. The largest absolute Gasteiger partial charge is 0.469 e. The van der Waals surface area contributed by atoms with E-state index < -0.39 is 5.41 Å². The fraction of sp³-hybridized carbons (Fsp3) is 0.560. The summed E-state index contributed by atoms with van der Waals surface area (Å²) < 4.78 is 48.6. The van der Waals surface area contributed by atoms with Gasteiger partial charge < -0.3 is 52.6 Å². The molecule has 5 rings (SSSR count). The number of rotatable bonds is 29. The molecule has 0 spiro atoms. The van der Waals surface area contributed by atoms with Gasteiger partial charge in [-0.2, -0.15) is 0 Å². The van der Waals surface area contributed by atoms with Gasteiger partial charge in [-0.15, -0.1) is 6.58 Å². The number of nitrogens with zero attached hydrogens (tertiary/aromatic N) is 2. The minimum absolute atomic E-state index is 0.0148. The molecule has 356 valence electrons. The van der Waals surface area contributed by atoms with E-state index in [0.717, 1.165) is 61.5 Å². The van der Waals surface area contributed by atoms with Crippen molar-refractivity contribution in [1.29, 1.82) is 0 Å². The molecule has 3 aromatic heterocycles. The average molecular weight is 903 g/mol. The number of H-pyrrole nitrogens is 2. The Balaban J connectivity index is 1.18. The minimum Gasteiger partial charge on any atom is -0.469 e. The van der Waals surface area contributed by atoms with Gasteiger partial charge in [0, 0.05) is 87.8 Å². The highest BCUT2D eigenvalue weighted by Gasteiger charge is 2.43. The van der Waals surface area contributed by atoms with E-state index in [1.54, 1.807) is 7.11 Å². The highest BCUT2D eigenvalue weighted by molar-refractivity contribution is 5.82. The van der Waals surface area contributed by atoms with E-state index in [1.165, 1.54) is 7.11 Å². The molecule has 0 saturated carbocycles. The second-order valence-electron chi connectivity index (χ2n) is 16.3. The molecule has 2 aliphatic heterocycles. The highest BCUT2D eigenvalue weighted by atomic mass is 16.6. The second-order valence-corrected chi connectivity index (χ2v) is 16.3. The van der Waals surface area contributed by atoms with Crippen molar-refractivity contribution in [2.45, 2.75) is 76.5 Å². The highest BCUT2D eigenvalue weighted by Crippen LogP contribution is 2.48. The molecule has 2 aliphatic rings. The molecule has 8 bridgehead atoms. The lowest BCUT2D eigenvalue weighted by molar-refractivity contribution is -0.145. The van der Waals surface area contributed by atoms with Crippen molar-refractivity contribution in [2.24, 2.45) is 0 Å². The first-order chi connectivity index (χ1) is 31.5. The number of aromatic nitrogens is 4. The van der Waals surface area contributed by atoms with Gasteiger partial charge in [0.25, 0.3) is 0 Å². The van der Waals surface area contributed by atoms with Crippen LogP contribution in [-0.2, 0) is 57.6 Å². The summed E-state index contributed by atoms with van der Waals surface area (Å²) in [5.41, 5.74) is 9.55. The van der Waals surface area contributed by atoms with E-state index in [2.05, 4.69) is 81.2 Å². The molecule has 2 N–H and O–H groups in total. The van der Waals surface area contributed by atoms with Gasteiger partial charge in [0.1, 0.15) is 6.61 Å². The molecule has 0 amide bonds. The Hall–Kier alpha value is -4.74. The van der Waals surface area contributed by atoms with Crippen molar-refractivity contribution in [3.05, 3.63) is 89.0 Å². The Morgan fingerprint density at radius 2 is 1.25 bits per heavy atom. The number of ether oxygens (including phenoxy) is 9. The SMILES string of the molecule is C=Cc1c(C)c2cc3cc(C)c(cc4nc(cc5nc(cc1[nH]2)C(C)C5(C=C)CCC(=O)OCCOCCOCCOCCOCCOCCOCCOC)C(CCC(=O)OC)C4C)[nH]3. The van der Waals surface area contributed by atoms with Crippen LogP contribution in [0.5, 0.6) is 0 Å². The van der Waals surface area contributed by atoms with E-state index in [4.69, 9.17) is 52.6 Å². The average Bonchev–Trinajstić information content (AvgIpc) is 3.97. The van der Waals surface area contributed by atoms with Gasteiger partial charge in [-0.3, -0.25) is 19.6 Å². The van der Waals surface area contributed by atoms with Crippen molar-refractivity contribution in [2.75, 3.05) is 107 Å². The van der Waals surface area contributed by atoms with E-state index in [1.807, 2.05) is 12.2 Å². The Morgan fingerprint density at radius 1 is 0.662 bits per heavy atom. The van der Waals surface area contributed by atoms with Crippen LogP contribution in [0.25, 0.3) is 28.1 Å². The van der Waals surface area contributed by atoms with E-state index in [-0.39, 0.29) is 55.7 Å². The maximum absolute atomic E-state index is 13.3. The third-order valence-corrected chi connectivity index (χ3v) is 12.2. The lowest BCUT2D eigenvalue weighted by atomic mass is 9.71. The summed E-state index contributed by atoms with van der Waals surface area (Å²) in [6.07, 6.45) is 5.13. The third kappa shape index (κ3) is 14.4. The zero-order valence-electron chi connectivity index (χ0n) is 39.3. The maximum atomic E-state index is 13.3. The molecule has 15 heteroatoms. The fourth-order valence-corrected chi connectivity index (χ4v) is 8.28. The molecule has 65 heavy (non-hydrogen) atoms. The summed E-state index contributed by atoms with van der Waals surface area (Å²) in [7, 11) is 3.05. The first-order valence-electron chi connectivity index (χ1n) is 22.7. The van der Waals surface area contributed by atoms with E-state index >= 15 is 0 Å². The number of allylic oxidation sites excluding steroid dienone is 1. The lowest BCUT2D eigenvalue weighted by Crippen LogP contribution is -2.28. The number of fused-ring (bicyclic) bond motifs is 8. The Bertz CT molecular complexity index is 2180. The van der Waals surface area contributed by atoms with Crippen LogP contribution in [0, 0.1) is 13.8 Å². The van der Waals surface area contributed by atoms with Crippen LogP contribution in [0.2, 0.25) is 0 Å². The van der Waals surface area contributed by atoms with Gasteiger partial charge in [0.05, 0.1) is 98.7 Å². The molecule has 0 fully saturated rings. The minimum atomic E-state index is -0.723. The first-order valence-corrected chi connectivity index (χ1v) is 22.7. The van der Waals surface area contributed by atoms with Gasteiger partial charge in [-0.1, -0.05) is 32.6 Å². The molecule has 4 atom stereocenters. The van der Waals surface area contributed by atoms with Gasteiger partial charge >= 0.3 is 11.9 Å². The van der Waals surface area contributed by atoms with Crippen LogP contribution < -0.4 is 0 Å². The molecular formula is C50H70N4O11. The lowest BCUT2D eigenvalue weighted by Gasteiger charge is -2.30. The van der Waals surface area contributed by atoms with Crippen LogP contribution in [0.3, 0.4) is 0 Å². The number of esters is 2. The van der Waals surface area contributed by atoms with Crippen LogP contribution in [0.1, 0.15) is 96.8 Å². The number of aromatic amines is 2. The molecule has 0 radical (unpaired) electrons. The number of carbonyl (C=O) groups is 2. The number of aryl methyl sites for hydroxylation is 2. The molecule has 4 unspecified atom stereocenters. The van der Waals surface area contributed by atoms with Crippen molar-refractivity contribution in [3.8, 4) is 0 Å². The van der Waals surface area contributed by atoms with E-state index in [9.17, 15) is 9.59 Å². The Kier molecular flexibility index (Phi) is 20.8. The van der Waals surface area contributed by atoms with Crippen LogP contribution in [0.15, 0.2) is 49.6 Å². The summed E-state index contributed by atoms with van der Waals surface area (Å²) in [5, 5.41) is 0. The summed E-state index contributed by atoms with van der Waals surface area (Å²) in [6.45, 7) is 23.0. The molecule has 15 nitrogen and oxygen atoms in total. The summed E-state index contributed by atoms with van der Waals surface area (Å²) in [6, 6.07) is 10.5. The topological polar surface area (TPSA) is 175 Å². The van der Waals surface area contributed by atoms with E-state index in [0.29, 0.717) is 92.1 Å². The zero-order valence-corrected chi connectivity index (χ0v) is 39.3. The maximum Gasteiger partial charge on any atom is 0.305 e. The number of methoxy groups -OCH3 is 2. The van der Waals surface area contributed by atoms with Gasteiger partial charge in [-0.25, -0.2) is 0 Å². The number of hydrogen-bond acceptors (Lipinski definition) is 13. The molecule has 3 aromatic rings. The van der Waals surface area contributed by atoms with Crippen molar-refractivity contribution in [3.63, 3.8) is 0 Å². The van der Waals surface area contributed by atoms with Crippen LogP contribution >= 0.6 is 0 Å². The second kappa shape index (κ2) is 26.4. The van der Waals surface area contributed by atoms with Crippen LogP contribution in [-0.4, -0.2) is 139 Å². The van der Waals surface area contributed by atoms with Gasteiger partial charge in [0.2, 0.25) is 0 Å². The summed E-state index contributed by atoms with van der Waals surface area (Å²) >= 11 is 0. The summed E-state index contributed by atoms with van der Waals surface area (Å²) in [4.78, 5) is 43.4. The fourth-order valence-electron chi connectivity index (χ4n) is 8.28. The van der Waals surface area contributed by atoms with Crippen molar-refractivity contribution >= 4 is 40.1 Å². The quantitative estimate of drug-likeness (QED) is 0.0394. The zero-order chi connectivity index (χ0) is 46.6. The number of hydrogen-bond donors (Lipinski definition) is 2. The Labute approximate surface area is 383 Å². The third-order valence-electron chi connectivity index (χ3n) is 12.2. The van der Waals surface area contributed by atoms with Crippen molar-refractivity contribution < 1.29 is 52.2 Å². The normalized spacial score (nSPS) is 18.2. The summed E-state index contributed by atoms with van der Waals surface area (Å²) in [5.74, 6) is -0.820. The Morgan fingerprint density at radius 3 is 1.82 bits per heavy atom. The van der Waals surface area contributed by atoms with Crippen molar-refractivity contribution in [1.82, 2.24) is 19.9 Å². The smallest absolute Gasteiger partial charge is 0.305 e. The first kappa shape index (κ1) is 51.2. The van der Waals surface area contributed by atoms with Gasteiger partial charge in [-0.05, 0) is 68.1 Å². The predicted octanol–water partition coefficient (Wildman–Crippen LogP) is 7.71. The molecule has 0 aromatic carbocycles. The predicted molar refractivity (Wildman–Crippen MR) is 250 cm³/mol. The van der Waals surface area contributed by atoms with Crippen LogP contribution in [0.4, 0.5) is 0 Å².